The Morgan fingerprint density at radius 3 is 2.78 bits per heavy atom. The number of likely N-dealkylation sites (N-methyl/N-ethyl adjacent to an activating group) is 1. The fourth-order valence-corrected chi connectivity index (χ4v) is 2.27. The van der Waals surface area contributed by atoms with Gasteiger partial charge in [-0.1, -0.05) is 0 Å². The van der Waals surface area contributed by atoms with Gasteiger partial charge >= 0.3 is 0 Å². The minimum atomic E-state index is 0.815. The van der Waals surface area contributed by atoms with Crippen molar-refractivity contribution in [1.82, 2.24) is 20.5 Å². The Hall–Kier alpha value is -1.66. The summed E-state index contributed by atoms with van der Waals surface area (Å²) in [5.41, 5.74) is 2.55. The number of hydrogen-bond acceptors (Lipinski definition) is 4. The Kier molecular flexibility index (Phi) is 9.99. The molecule has 1 heterocycles. The van der Waals surface area contributed by atoms with Crippen LogP contribution in [0, 0.1) is 6.92 Å². The largest absolute Gasteiger partial charge is 0.385 e. The zero-order valence-corrected chi connectivity index (χ0v) is 14.9. The number of methoxy groups -OCH3 is 1. The van der Waals surface area contributed by atoms with Gasteiger partial charge in [-0.15, -0.1) is 0 Å². The number of ether oxygens (including phenoxy) is 1. The van der Waals surface area contributed by atoms with Crippen LogP contribution in [0.5, 0.6) is 0 Å². The van der Waals surface area contributed by atoms with Gasteiger partial charge in [0, 0.05) is 59.3 Å². The summed E-state index contributed by atoms with van der Waals surface area (Å²) < 4.78 is 5.07. The van der Waals surface area contributed by atoms with Gasteiger partial charge in [-0.05, 0) is 44.0 Å². The summed E-state index contributed by atoms with van der Waals surface area (Å²) in [6.45, 7) is 6.66. The number of guanidine groups is 1. The molecule has 0 radical (unpaired) electrons. The molecule has 0 aliphatic rings. The summed E-state index contributed by atoms with van der Waals surface area (Å²) in [5.74, 6) is 0.849. The van der Waals surface area contributed by atoms with Crippen molar-refractivity contribution in [2.24, 2.45) is 4.99 Å². The van der Waals surface area contributed by atoms with Crippen LogP contribution in [-0.4, -0.2) is 69.8 Å². The molecule has 0 aliphatic heterocycles. The second-order valence-corrected chi connectivity index (χ2v) is 5.63. The number of nitrogens with zero attached hydrogens (tertiary/aromatic N) is 3. The van der Waals surface area contributed by atoms with Crippen LogP contribution in [0.2, 0.25) is 0 Å². The van der Waals surface area contributed by atoms with E-state index in [1.165, 1.54) is 11.1 Å². The quantitative estimate of drug-likeness (QED) is 0.383. The van der Waals surface area contributed by atoms with Gasteiger partial charge in [0.2, 0.25) is 0 Å². The number of aliphatic imine (C=N–C) groups is 1. The number of aromatic nitrogens is 1. The molecule has 1 aromatic heterocycles. The van der Waals surface area contributed by atoms with E-state index in [0.29, 0.717) is 0 Å². The summed E-state index contributed by atoms with van der Waals surface area (Å²) in [4.78, 5) is 10.7. The highest BCUT2D eigenvalue weighted by molar-refractivity contribution is 5.79. The molecule has 0 unspecified atom stereocenters. The molecule has 0 bridgehead atoms. The van der Waals surface area contributed by atoms with E-state index >= 15 is 0 Å². The third-order valence-electron chi connectivity index (χ3n) is 3.72. The van der Waals surface area contributed by atoms with Gasteiger partial charge in [-0.25, -0.2) is 0 Å². The van der Waals surface area contributed by atoms with Crippen LogP contribution >= 0.6 is 0 Å². The van der Waals surface area contributed by atoms with E-state index in [4.69, 9.17) is 4.74 Å². The van der Waals surface area contributed by atoms with Gasteiger partial charge in [0.05, 0.1) is 0 Å². The zero-order valence-electron chi connectivity index (χ0n) is 14.9. The Morgan fingerprint density at radius 2 is 2.09 bits per heavy atom. The first-order chi connectivity index (χ1) is 11.2. The fraction of sp³-hybridized carbons (Fsp3) is 0.647. The Labute approximate surface area is 140 Å². The third-order valence-corrected chi connectivity index (χ3v) is 3.72. The summed E-state index contributed by atoms with van der Waals surface area (Å²) in [6.07, 6.45) is 5.77. The van der Waals surface area contributed by atoms with E-state index in [2.05, 4.69) is 45.5 Å². The summed E-state index contributed by atoms with van der Waals surface area (Å²) in [5, 5.41) is 6.70. The lowest BCUT2D eigenvalue weighted by Gasteiger charge is -2.18. The van der Waals surface area contributed by atoms with Crippen LogP contribution in [0.3, 0.4) is 0 Å². The lowest BCUT2D eigenvalue weighted by Crippen LogP contribution is -2.41. The van der Waals surface area contributed by atoms with E-state index < -0.39 is 0 Å². The molecule has 6 nitrogen and oxygen atoms in total. The van der Waals surface area contributed by atoms with E-state index in [9.17, 15) is 0 Å². The van der Waals surface area contributed by atoms with Gasteiger partial charge in [0.25, 0.3) is 0 Å². The number of aryl methyl sites for hydroxylation is 1. The fourth-order valence-electron chi connectivity index (χ4n) is 2.27. The maximum absolute atomic E-state index is 5.07. The number of rotatable bonds is 10. The molecule has 6 heteroatoms. The molecule has 23 heavy (non-hydrogen) atoms. The lowest BCUT2D eigenvalue weighted by molar-refractivity contribution is 0.180. The normalized spacial score (nSPS) is 11.8. The predicted molar refractivity (Wildman–Crippen MR) is 96.0 cm³/mol. The van der Waals surface area contributed by atoms with Crippen LogP contribution in [0.1, 0.15) is 17.5 Å². The maximum atomic E-state index is 5.07. The average Bonchev–Trinajstić information content (AvgIpc) is 2.55. The molecule has 0 spiro atoms. The minimum absolute atomic E-state index is 0.815. The second-order valence-electron chi connectivity index (χ2n) is 5.63. The van der Waals surface area contributed by atoms with Crippen LogP contribution in [-0.2, 0) is 11.2 Å². The molecule has 1 rings (SSSR count). The molecule has 130 valence electrons. The molecule has 0 saturated carbocycles. The van der Waals surface area contributed by atoms with Crippen LogP contribution < -0.4 is 10.6 Å². The maximum Gasteiger partial charge on any atom is 0.191 e. The molecular weight excluding hydrogens is 290 g/mol. The van der Waals surface area contributed by atoms with E-state index in [0.717, 1.165) is 51.6 Å². The summed E-state index contributed by atoms with van der Waals surface area (Å²) in [6, 6.07) is 2.07. The molecular formula is C17H31N5O. The molecule has 0 aromatic carbocycles. The highest BCUT2D eigenvalue weighted by atomic mass is 16.5. The van der Waals surface area contributed by atoms with Crippen molar-refractivity contribution >= 4 is 5.96 Å². The van der Waals surface area contributed by atoms with Gasteiger partial charge in [0.1, 0.15) is 0 Å². The molecule has 0 atom stereocenters. The summed E-state index contributed by atoms with van der Waals surface area (Å²) in [7, 11) is 5.67. The van der Waals surface area contributed by atoms with Crippen molar-refractivity contribution in [3.05, 3.63) is 29.6 Å². The summed E-state index contributed by atoms with van der Waals surface area (Å²) >= 11 is 0. The topological polar surface area (TPSA) is 61.8 Å². The first kappa shape index (κ1) is 19.4. The number of pyridine rings is 1. The van der Waals surface area contributed by atoms with Gasteiger partial charge in [0.15, 0.2) is 5.96 Å². The number of hydrogen-bond donors (Lipinski definition) is 2. The van der Waals surface area contributed by atoms with Gasteiger partial charge in [-0.2, -0.15) is 0 Å². The highest BCUT2D eigenvalue weighted by Crippen LogP contribution is 2.04. The Balaban J connectivity index is 2.18. The first-order valence-corrected chi connectivity index (χ1v) is 8.19. The van der Waals surface area contributed by atoms with Crippen molar-refractivity contribution in [2.75, 3.05) is 54.0 Å². The van der Waals surface area contributed by atoms with Gasteiger partial charge in [-0.3, -0.25) is 9.98 Å². The first-order valence-electron chi connectivity index (χ1n) is 8.19. The van der Waals surface area contributed by atoms with Crippen molar-refractivity contribution in [1.29, 1.82) is 0 Å². The zero-order chi connectivity index (χ0) is 16.9. The van der Waals surface area contributed by atoms with Crippen molar-refractivity contribution in [3.63, 3.8) is 0 Å². The Bertz CT molecular complexity index is 464. The van der Waals surface area contributed by atoms with Crippen LogP contribution in [0.15, 0.2) is 23.5 Å². The lowest BCUT2D eigenvalue weighted by atomic mass is 10.1. The third kappa shape index (κ3) is 8.52. The second kappa shape index (κ2) is 11.8. The molecule has 2 N–H and O–H groups in total. The van der Waals surface area contributed by atoms with Crippen molar-refractivity contribution in [2.45, 2.75) is 19.8 Å². The van der Waals surface area contributed by atoms with E-state index in [-0.39, 0.29) is 0 Å². The Morgan fingerprint density at radius 1 is 1.30 bits per heavy atom. The smallest absolute Gasteiger partial charge is 0.191 e. The van der Waals surface area contributed by atoms with Crippen molar-refractivity contribution < 1.29 is 4.74 Å². The highest BCUT2D eigenvalue weighted by Gasteiger charge is 2.01. The van der Waals surface area contributed by atoms with E-state index in [1.54, 1.807) is 14.2 Å². The molecule has 0 aliphatic carbocycles. The number of nitrogens with one attached hydrogen (secondary N) is 2. The molecule has 0 amide bonds. The molecule has 0 saturated heterocycles. The average molecular weight is 321 g/mol. The standard InChI is InChI=1S/C17H31N5O/c1-15-14-19-8-6-16(15)7-9-20-17(18-2)21-10-12-22(3)11-5-13-23-4/h6,8,14H,5,7,9-13H2,1-4H3,(H2,18,20,21). The van der Waals surface area contributed by atoms with Crippen LogP contribution in [0.25, 0.3) is 0 Å². The van der Waals surface area contributed by atoms with Crippen molar-refractivity contribution in [3.8, 4) is 0 Å². The molecule has 1 aromatic rings. The van der Waals surface area contributed by atoms with Crippen LogP contribution in [0.4, 0.5) is 0 Å². The minimum Gasteiger partial charge on any atom is -0.385 e. The van der Waals surface area contributed by atoms with E-state index in [1.807, 2.05) is 12.4 Å². The SMILES string of the molecule is CN=C(NCCc1ccncc1C)NCCN(C)CCCOC. The van der Waals surface area contributed by atoms with Gasteiger partial charge < -0.3 is 20.3 Å². The monoisotopic (exact) mass is 321 g/mol. The molecule has 0 fully saturated rings. The predicted octanol–water partition coefficient (Wildman–Crippen LogP) is 1.07.